The van der Waals surface area contributed by atoms with Gasteiger partial charge < -0.3 is 10.2 Å². The lowest BCUT2D eigenvalue weighted by atomic mass is 10.0. The molecule has 0 spiro atoms. The third-order valence-electron chi connectivity index (χ3n) is 3.48. The van der Waals surface area contributed by atoms with Crippen molar-refractivity contribution in [3.63, 3.8) is 0 Å². The molecule has 1 unspecified atom stereocenters. The fourth-order valence-corrected chi connectivity index (χ4v) is 2.30. The van der Waals surface area contributed by atoms with Gasteiger partial charge in [-0.15, -0.1) is 13.2 Å². The minimum Gasteiger partial charge on any atom is -0.405 e. The van der Waals surface area contributed by atoms with E-state index in [1.807, 2.05) is 6.92 Å². The highest BCUT2D eigenvalue weighted by Gasteiger charge is 2.33. The van der Waals surface area contributed by atoms with Gasteiger partial charge in [-0.05, 0) is 24.6 Å². The van der Waals surface area contributed by atoms with Gasteiger partial charge in [-0.2, -0.15) is 5.10 Å². The molecule has 0 saturated heterocycles. The molecule has 1 heterocycles. The number of alkyl halides is 3. The van der Waals surface area contributed by atoms with E-state index in [1.165, 1.54) is 24.3 Å². The average molecular weight is 354 g/mol. The van der Waals surface area contributed by atoms with Crippen molar-refractivity contribution in [3.8, 4) is 5.75 Å². The normalized spacial score (nSPS) is 16.4. The van der Waals surface area contributed by atoms with Crippen LogP contribution in [0.3, 0.4) is 0 Å². The van der Waals surface area contributed by atoms with Gasteiger partial charge in [0.1, 0.15) is 11.6 Å². The maximum absolute atomic E-state index is 12.3. The third-order valence-corrected chi connectivity index (χ3v) is 3.48. The zero-order valence-electron chi connectivity index (χ0n) is 13.6. The average Bonchev–Trinajstić information content (AvgIpc) is 3.04. The number of rotatable bonds is 3. The molecule has 1 aliphatic rings. The molecule has 0 bridgehead atoms. The first-order valence-corrected chi connectivity index (χ1v) is 7.75. The minimum atomic E-state index is -4.68. The molecular formula is C18H18F4N2O. The molecule has 0 radical (unpaired) electrons. The van der Waals surface area contributed by atoms with Crippen molar-refractivity contribution >= 4 is 5.71 Å². The molecule has 0 fully saturated rings. The number of hydrogen-bond donors (Lipinski definition) is 1. The standard InChI is InChI=1S/C12H13F3N2O.C6H5F/c1-2-8-7-10(17-16-8)9-5-3-4-6-11(9)18-12(13,14)15;7-6-4-2-1-3-5-6/h3-6,10,17H,2,7H2,1H3;1-5H. The summed E-state index contributed by atoms with van der Waals surface area (Å²) < 4.78 is 52.8. The van der Waals surface area contributed by atoms with Gasteiger partial charge in [0.05, 0.1) is 6.04 Å². The molecule has 0 amide bonds. The van der Waals surface area contributed by atoms with E-state index in [1.54, 1.807) is 30.3 Å². The van der Waals surface area contributed by atoms with Gasteiger partial charge in [0.2, 0.25) is 0 Å². The molecule has 0 aliphatic carbocycles. The highest BCUT2D eigenvalue weighted by atomic mass is 19.4. The van der Waals surface area contributed by atoms with Crippen molar-refractivity contribution in [1.29, 1.82) is 0 Å². The third kappa shape index (κ3) is 6.10. The van der Waals surface area contributed by atoms with E-state index in [-0.39, 0.29) is 17.6 Å². The first kappa shape index (κ1) is 18.8. The number of benzene rings is 2. The van der Waals surface area contributed by atoms with Crippen LogP contribution in [0.5, 0.6) is 5.75 Å². The highest BCUT2D eigenvalue weighted by molar-refractivity contribution is 5.86. The SMILES string of the molecule is CCC1=NNC(c2ccccc2OC(F)(F)F)C1.Fc1ccccc1. The van der Waals surface area contributed by atoms with Crippen LogP contribution in [0.2, 0.25) is 0 Å². The van der Waals surface area contributed by atoms with Crippen molar-refractivity contribution in [2.45, 2.75) is 32.2 Å². The molecular weight excluding hydrogens is 336 g/mol. The van der Waals surface area contributed by atoms with Crippen LogP contribution in [0.15, 0.2) is 59.7 Å². The summed E-state index contributed by atoms with van der Waals surface area (Å²) in [5.41, 5.74) is 4.26. The Balaban J connectivity index is 0.000000269. The summed E-state index contributed by atoms with van der Waals surface area (Å²) in [6.45, 7) is 1.96. The lowest BCUT2D eigenvalue weighted by molar-refractivity contribution is -0.275. The molecule has 3 rings (SSSR count). The quantitative estimate of drug-likeness (QED) is 0.768. The summed E-state index contributed by atoms with van der Waals surface area (Å²) in [7, 11) is 0. The lowest BCUT2D eigenvalue weighted by Crippen LogP contribution is -2.20. The van der Waals surface area contributed by atoms with Crippen LogP contribution in [0, 0.1) is 5.82 Å². The van der Waals surface area contributed by atoms with Crippen LogP contribution in [0.25, 0.3) is 0 Å². The van der Waals surface area contributed by atoms with E-state index in [9.17, 15) is 17.6 Å². The Morgan fingerprint density at radius 2 is 1.72 bits per heavy atom. The van der Waals surface area contributed by atoms with E-state index < -0.39 is 6.36 Å². The van der Waals surface area contributed by atoms with E-state index in [4.69, 9.17) is 0 Å². The Morgan fingerprint density at radius 1 is 1.08 bits per heavy atom. The van der Waals surface area contributed by atoms with Gasteiger partial charge in [-0.25, -0.2) is 4.39 Å². The highest BCUT2D eigenvalue weighted by Crippen LogP contribution is 2.33. The minimum absolute atomic E-state index is 0.171. The molecule has 25 heavy (non-hydrogen) atoms. The summed E-state index contributed by atoms with van der Waals surface area (Å²) in [6, 6.07) is 13.8. The topological polar surface area (TPSA) is 33.6 Å². The molecule has 2 aromatic carbocycles. The monoisotopic (exact) mass is 354 g/mol. The van der Waals surface area contributed by atoms with Gasteiger partial charge >= 0.3 is 6.36 Å². The number of hydrazone groups is 1. The van der Waals surface area contributed by atoms with Crippen molar-refractivity contribution in [2.24, 2.45) is 5.10 Å². The van der Waals surface area contributed by atoms with Gasteiger partial charge in [0.15, 0.2) is 0 Å². The number of hydrogen-bond acceptors (Lipinski definition) is 3. The van der Waals surface area contributed by atoms with E-state index in [0.29, 0.717) is 12.0 Å². The zero-order chi connectivity index (χ0) is 18.3. The molecule has 0 aromatic heterocycles. The number of halogens is 4. The second-order valence-electron chi connectivity index (χ2n) is 5.30. The fourth-order valence-electron chi connectivity index (χ4n) is 2.30. The van der Waals surface area contributed by atoms with Crippen LogP contribution in [0.1, 0.15) is 31.4 Å². The number of para-hydroxylation sites is 1. The van der Waals surface area contributed by atoms with E-state index in [0.717, 1.165) is 12.1 Å². The predicted octanol–water partition coefficient (Wildman–Crippen LogP) is 5.21. The van der Waals surface area contributed by atoms with Gasteiger partial charge in [-0.1, -0.05) is 43.3 Å². The first-order chi connectivity index (χ1) is 11.9. The molecule has 3 nitrogen and oxygen atoms in total. The van der Waals surface area contributed by atoms with Crippen molar-refractivity contribution in [1.82, 2.24) is 5.43 Å². The second-order valence-corrected chi connectivity index (χ2v) is 5.30. The number of ether oxygens (including phenoxy) is 1. The molecule has 0 saturated carbocycles. The zero-order valence-corrected chi connectivity index (χ0v) is 13.6. The Hall–Kier alpha value is -2.57. The Kier molecular flexibility index (Phi) is 6.38. The van der Waals surface area contributed by atoms with Crippen LogP contribution in [0.4, 0.5) is 17.6 Å². The van der Waals surface area contributed by atoms with Crippen LogP contribution in [-0.2, 0) is 0 Å². The van der Waals surface area contributed by atoms with Crippen LogP contribution >= 0.6 is 0 Å². The molecule has 1 aliphatic heterocycles. The molecule has 2 aromatic rings. The summed E-state index contributed by atoms with van der Waals surface area (Å²) in [5, 5.41) is 4.08. The Morgan fingerprint density at radius 3 is 2.24 bits per heavy atom. The van der Waals surface area contributed by atoms with Gasteiger partial charge in [0.25, 0.3) is 0 Å². The summed E-state index contributed by atoms with van der Waals surface area (Å²) in [5.74, 6) is -0.349. The van der Waals surface area contributed by atoms with Gasteiger partial charge in [-0.3, -0.25) is 0 Å². The number of nitrogens with zero attached hydrogens (tertiary/aromatic N) is 1. The summed E-state index contributed by atoms with van der Waals surface area (Å²) >= 11 is 0. The number of nitrogens with one attached hydrogen (secondary N) is 1. The molecule has 134 valence electrons. The maximum atomic E-state index is 12.3. The lowest BCUT2D eigenvalue weighted by Gasteiger charge is -2.17. The summed E-state index contributed by atoms with van der Waals surface area (Å²) in [4.78, 5) is 0. The smallest absolute Gasteiger partial charge is 0.405 e. The Bertz CT molecular complexity index is 702. The van der Waals surface area contributed by atoms with Crippen molar-refractivity contribution in [3.05, 3.63) is 66.0 Å². The van der Waals surface area contributed by atoms with Gasteiger partial charge in [0, 0.05) is 17.7 Å². The maximum Gasteiger partial charge on any atom is 0.573 e. The summed E-state index contributed by atoms with van der Waals surface area (Å²) in [6.07, 6.45) is -3.29. The fraction of sp³-hybridized carbons (Fsp3) is 0.278. The molecule has 7 heteroatoms. The molecule has 1 atom stereocenters. The van der Waals surface area contributed by atoms with Crippen molar-refractivity contribution < 1.29 is 22.3 Å². The van der Waals surface area contributed by atoms with Crippen LogP contribution < -0.4 is 10.2 Å². The predicted molar refractivity (Wildman–Crippen MR) is 87.7 cm³/mol. The Labute approximate surface area is 143 Å². The first-order valence-electron chi connectivity index (χ1n) is 7.75. The van der Waals surface area contributed by atoms with Crippen LogP contribution in [-0.4, -0.2) is 12.1 Å². The van der Waals surface area contributed by atoms with E-state index in [2.05, 4.69) is 15.3 Å². The second kappa shape index (κ2) is 8.50. The van der Waals surface area contributed by atoms with E-state index >= 15 is 0 Å². The molecule has 1 N–H and O–H groups in total. The largest absolute Gasteiger partial charge is 0.573 e. The van der Waals surface area contributed by atoms with Crippen molar-refractivity contribution in [2.75, 3.05) is 0 Å².